The molecule has 1 heterocycles. The second kappa shape index (κ2) is 5.34. The zero-order valence-corrected chi connectivity index (χ0v) is 10.8. The smallest absolute Gasteiger partial charge is 0.135 e. The monoisotopic (exact) mass is 267 g/mol. The van der Waals surface area contributed by atoms with E-state index >= 15 is 0 Å². The molecule has 0 aliphatic heterocycles. The van der Waals surface area contributed by atoms with E-state index in [1.165, 1.54) is 0 Å². The predicted octanol–water partition coefficient (Wildman–Crippen LogP) is 3.42. The van der Waals surface area contributed by atoms with Gasteiger partial charge in [0.05, 0.1) is 10.0 Å². The quantitative estimate of drug-likeness (QED) is 0.926. The number of benzene rings is 1. The average molecular weight is 268 g/mol. The fourth-order valence-electron chi connectivity index (χ4n) is 1.46. The van der Waals surface area contributed by atoms with E-state index in [1.54, 1.807) is 12.3 Å². The van der Waals surface area contributed by atoms with E-state index in [4.69, 9.17) is 23.2 Å². The fourth-order valence-corrected chi connectivity index (χ4v) is 1.78. The van der Waals surface area contributed by atoms with Gasteiger partial charge >= 0.3 is 0 Å². The predicted molar refractivity (Wildman–Crippen MR) is 70.8 cm³/mol. The van der Waals surface area contributed by atoms with Gasteiger partial charge in [-0.1, -0.05) is 29.3 Å². The molecule has 0 atom stereocenters. The van der Waals surface area contributed by atoms with Crippen LogP contribution in [0, 0.1) is 0 Å². The van der Waals surface area contributed by atoms with Crippen molar-refractivity contribution in [2.75, 3.05) is 12.4 Å². The van der Waals surface area contributed by atoms with E-state index in [1.807, 2.05) is 25.2 Å². The molecule has 1 aromatic carbocycles. The van der Waals surface area contributed by atoms with Crippen molar-refractivity contribution in [2.24, 2.45) is 0 Å². The molecule has 5 heteroatoms. The molecule has 0 radical (unpaired) electrons. The first kappa shape index (κ1) is 12.1. The van der Waals surface area contributed by atoms with Crippen LogP contribution in [-0.2, 0) is 6.42 Å². The lowest BCUT2D eigenvalue weighted by atomic mass is 10.1. The minimum absolute atomic E-state index is 0.550. The Labute approximate surface area is 110 Å². The zero-order chi connectivity index (χ0) is 12.3. The maximum Gasteiger partial charge on any atom is 0.135 e. The summed E-state index contributed by atoms with van der Waals surface area (Å²) in [7, 11) is 1.82. The molecular weight excluding hydrogens is 257 g/mol. The average Bonchev–Trinajstić information content (AvgIpc) is 2.34. The summed E-state index contributed by atoms with van der Waals surface area (Å²) in [6.07, 6.45) is 2.36. The van der Waals surface area contributed by atoms with Crippen molar-refractivity contribution in [3.63, 3.8) is 0 Å². The summed E-state index contributed by atoms with van der Waals surface area (Å²) in [6, 6.07) is 7.35. The van der Waals surface area contributed by atoms with Gasteiger partial charge in [-0.05, 0) is 23.8 Å². The van der Waals surface area contributed by atoms with Gasteiger partial charge in [0.2, 0.25) is 0 Å². The number of nitrogens with zero attached hydrogens (tertiary/aromatic N) is 2. The molecule has 0 unspecified atom stereocenters. The Kier molecular flexibility index (Phi) is 3.82. The first-order chi connectivity index (χ1) is 8.19. The number of rotatable bonds is 3. The normalized spacial score (nSPS) is 10.3. The van der Waals surface area contributed by atoms with Gasteiger partial charge in [-0.25, -0.2) is 9.97 Å². The van der Waals surface area contributed by atoms with Gasteiger partial charge in [-0.2, -0.15) is 0 Å². The number of anilines is 1. The second-order valence-electron chi connectivity index (χ2n) is 3.53. The van der Waals surface area contributed by atoms with Crippen LogP contribution >= 0.6 is 23.2 Å². The molecule has 0 saturated heterocycles. The Morgan fingerprint density at radius 2 is 2.00 bits per heavy atom. The van der Waals surface area contributed by atoms with Crippen molar-refractivity contribution in [3.05, 3.63) is 51.9 Å². The van der Waals surface area contributed by atoms with Crippen LogP contribution in [-0.4, -0.2) is 17.0 Å². The van der Waals surface area contributed by atoms with Crippen LogP contribution in [0.4, 0.5) is 5.82 Å². The number of nitrogens with one attached hydrogen (secondary N) is 1. The Morgan fingerprint density at radius 3 is 2.71 bits per heavy atom. The molecule has 88 valence electrons. The molecule has 0 amide bonds. The molecule has 2 rings (SSSR count). The van der Waals surface area contributed by atoms with E-state index in [-0.39, 0.29) is 0 Å². The summed E-state index contributed by atoms with van der Waals surface area (Å²) < 4.78 is 0. The number of hydrogen-bond donors (Lipinski definition) is 1. The first-order valence-corrected chi connectivity index (χ1v) is 5.88. The maximum absolute atomic E-state index is 5.95. The van der Waals surface area contributed by atoms with Crippen LogP contribution in [0.15, 0.2) is 30.5 Å². The van der Waals surface area contributed by atoms with Gasteiger partial charge in [0, 0.05) is 19.7 Å². The van der Waals surface area contributed by atoms with Crippen LogP contribution in [0.25, 0.3) is 0 Å². The van der Waals surface area contributed by atoms with Gasteiger partial charge in [-0.3, -0.25) is 0 Å². The van der Waals surface area contributed by atoms with Crippen molar-refractivity contribution < 1.29 is 0 Å². The lowest BCUT2D eigenvalue weighted by molar-refractivity contribution is 0.969. The molecule has 0 bridgehead atoms. The van der Waals surface area contributed by atoms with Gasteiger partial charge in [-0.15, -0.1) is 0 Å². The Hall–Kier alpha value is -1.32. The number of halogens is 2. The van der Waals surface area contributed by atoms with Crippen molar-refractivity contribution in [3.8, 4) is 0 Å². The molecule has 1 aromatic heterocycles. The van der Waals surface area contributed by atoms with Crippen LogP contribution < -0.4 is 5.32 Å². The summed E-state index contributed by atoms with van der Waals surface area (Å²) in [4.78, 5) is 8.55. The fraction of sp³-hybridized carbons (Fsp3) is 0.167. The lowest BCUT2D eigenvalue weighted by Gasteiger charge is -2.04. The molecule has 0 saturated carbocycles. The second-order valence-corrected chi connectivity index (χ2v) is 4.35. The van der Waals surface area contributed by atoms with Gasteiger partial charge in [0.25, 0.3) is 0 Å². The van der Waals surface area contributed by atoms with Crippen LogP contribution in [0.1, 0.15) is 11.4 Å². The molecule has 0 spiro atoms. The summed E-state index contributed by atoms with van der Waals surface area (Å²) in [5.41, 5.74) is 1.03. The molecule has 1 N–H and O–H groups in total. The van der Waals surface area contributed by atoms with Crippen LogP contribution in [0.2, 0.25) is 10.0 Å². The third-order valence-corrected chi connectivity index (χ3v) is 3.05. The highest BCUT2D eigenvalue weighted by molar-refractivity contribution is 6.42. The van der Waals surface area contributed by atoms with E-state index in [2.05, 4.69) is 15.3 Å². The minimum Gasteiger partial charge on any atom is -0.373 e. The Morgan fingerprint density at radius 1 is 1.18 bits per heavy atom. The highest BCUT2D eigenvalue weighted by atomic mass is 35.5. The van der Waals surface area contributed by atoms with Crippen LogP contribution in [0.5, 0.6) is 0 Å². The SMILES string of the molecule is CNc1ccnc(Cc2ccc(Cl)c(Cl)c2)n1. The zero-order valence-electron chi connectivity index (χ0n) is 9.24. The molecule has 17 heavy (non-hydrogen) atoms. The Balaban J connectivity index is 2.22. The summed E-state index contributed by atoms with van der Waals surface area (Å²) in [5, 5.41) is 4.08. The molecular formula is C12H11Cl2N3. The summed E-state index contributed by atoms with van der Waals surface area (Å²) >= 11 is 11.8. The van der Waals surface area contributed by atoms with Gasteiger partial charge in [0.1, 0.15) is 11.6 Å². The highest BCUT2D eigenvalue weighted by Gasteiger charge is 2.03. The van der Waals surface area contributed by atoms with E-state index in [0.29, 0.717) is 16.5 Å². The molecule has 0 aliphatic rings. The van der Waals surface area contributed by atoms with Gasteiger partial charge < -0.3 is 5.32 Å². The minimum atomic E-state index is 0.550. The van der Waals surface area contributed by atoms with Crippen molar-refractivity contribution in [1.29, 1.82) is 0 Å². The van der Waals surface area contributed by atoms with Crippen molar-refractivity contribution >= 4 is 29.0 Å². The third kappa shape index (κ3) is 3.08. The van der Waals surface area contributed by atoms with Crippen molar-refractivity contribution in [1.82, 2.24) is 9.97 Å². The summed E-state index contributed by atoms with van der Waals surface area (Å²) in [6.45, 7) is 0. The van der Waals surface area contributed by atoms with Crippen LogP contribution in [0.3, 0.4) is 0 Å². The standard InChI is InChI=1S/C12H11Cl2N3/c1-15-11-4-5-16-12(17-11)7-8-2-3-9(13)10(14)6-8/h2-6H,7H2,1H3,(H,15,16,17). The molecule has 0 aliphatic carbocycles. The Bertz CT molecular complexity index is 529. The largest absolute Gasteiger partial charge is 0.373 e. The first-order valence-electron chi connectivity index (χ1n) is 5.12. The number of hydrogen-bond acceptors (Lipinski definition) is 3. The molecule has 0 fully saturated rings. The van der Waals surface area contributed by atoms with E-state index in [9.17, 15) is 0 Å². The summed E-state index contributed by atoms with van der Waals surface area (Å²) in [5.74, 6) is 1.55. The maximum atomic E-state index is 5.95. The topological polar surface area (TPSA) is 37.8 Å². The third-order valence-electron chi connectivity index (χ3n) is 2.31. The number of aromatic nitrogens is 2. The molecule has 3 nitrogen and oxygen atoms in total. The van der Waals surface area contributed by atoms with E-state index in [0.717, 1.165) is 17.2 Å². The van der Waals surface area contributed by atoms with Gasteiger partial charge in [0.15, 0.2) is 0 Å². The molecule has 2 aromatic rings. The lowest BCUT2D eigenvalue weighted by Crippen LogP contribution is -2.00. The van der Waals surface area contributed by atoms with Crippen molar-refractivity contribution in [2.45, 2.75) is 6.42 Å². The van der Waals surface area contributed by atoms with E-state index < -0.39 is 0 Å². The highest BCUT2D eigenvalue weighted by Crippen LogP contribution is 2.23.